The summed E-state index contributed by atoms with van der Waals surface area (Å²) in [6.07, 6.45) is 3.49. The molecular weight excluding hydrogens is 262 g/mol. The number of hydrogen-bond donors (Lipinski definition) is 2. The molecule has 1 amide bonds. The van der Waals surface area contributed by atoms with Crippen LogP contribution in [0.1, 0.15) is 41.7 Å². The molecule has 1 aromatic rings. The molecule has 5 heteroatoms. The zero-order valence-electron chi connectivity index (χ0n) is 11.3. The van der Waals surface area contributed by atoms with Gasteiger partial charge in [0.15, 0.2) is 0 Å². The maximum absolute atomic E-state index is 11.9. The smallest absolute Gasteiger partial charge is 0.328 e. The number of nitrogens with one attached hydrogen (secondary N) is 1. The molecule has 0 aliphatic rings. The molecule has 0 spiro atoms. The quantitative estimate of drug-likeness (QED) is 0.788. The fraction of sp³-hybridized carbons (Fsp3) is 0.429. The molecule has 0 fully saturated rings. The summed E-state index contributed by atoms with van der Waals surface area (Å²) in [6.45, 7) is 6.21. The van der Waals surface area contributed by atoms with Crippen LogP contribution in [0.15, 0.2) is 18.2 Å². The first-order chi connectivity index (χ1) is 8.88. The van der Waals surface area contributed by atoms with Gasteiger partial charge in [-0.1, -0.05) is 13.8 Å². The Kier molecular flexibility index (Phi) is 5.76. The predicted molar refractivity (Wildman–Crippen MR) is 77.4 cm³/mol. The van der Waals surface area contributed by atoms with Gasteiger partial charge in [-0.05, 0) is 37.5 Å². The largest absolute Gasteiger partial charge is 0.478 e. The lowest BCUT2D eigenvalue weighted by Crippen LogP contribution is -2.32. The summed E-state index contributed by atoms with van der Waals surface area (Å²) >= 11 is 1.28. The van der Waals surface area contributed by atoms with Gasteiger partial charge in [0.05, 0.1) is 4.88 Å². The fourth-order valence-electron chi connectivity index (χ4n) is 1.78. The van der Waals surface area contributed by atoms with E-state index in [0.717, 1.165) is 17.4 Å². The van der Waals surface area contributed by atoms with E-state index < -0.39 is 5.97 Å². The van der Waals surface area contributed by atoms with Gasteiger partial charge in [-0.25, -0.2) is 4.79 Å². The topological polar surface area (TPSA) is 66.4 Å². The second kappa shape index (κ2) is 7.09. The number of thiophene rings is 1. The average molecular weight is 281 g/mol. The van der Waals surface area contributed by atoms with E-state index in [1.807, 2.05) is 6.92 Å². The molecular formula is C14H19NO3S. The van der Waals surface area contributed by atoms with Crippen molar-refractivity contribution in [1.29, 1.82) is 0 Å². The van der Waals surface area contributed by atoms with Crippen molar-refractivity contribution in [2.24, 2.45) is 5.92 Å². The van der Waals surface area contributed by atoms with Crippen molar-refractivity contribution in [1.82, 2.24) is 5.32 Å². The molecule has 0 saturated heterocycles. The maximum atomic E-state index is 11.9. The molecule has 2 N–H and O–H groups in total. The number of aliphatic carboxylic acids is 1. The first-order valence-electron chi connectivity index (χ1n) is 6.20. The molecule has 0 aliphatic carbocycles. The maximum Gasteiger partial charge on any atom is 0.328 e. The highest BCUT2D eigenvalue weighted by Gasteiger charge is 2.12. The highest BCUT2D eigenvalue weighted by Crippen LogP contribution is 2.18. The van der Waals surface area contributed by atoms with Crippen LogP contribution < -0.4 is 5.32 Å². The van der Waals surface area contributed by atoms with E-state index in [1.165, 1.54) is 17.4 Å². The molecule has 0 radical (unpaired) electrons. The highest BCUT2D eigenvalue weighted by atomic mass is 32.1. The Bertz CT molecular complexity index is 477. The second-order valence-electron chi connectivity index (χ2n) is 4.88. The third-order valence-corrected chi connectivity index (χ3v) is 3.49. The number of rotatable bonds is 6. The van der Waals surface area contributed by atoms with Crippen LogP contribution in [0, 0.1) is 5.92 Å². The molecule has 0 aromatic carbocycles. The summed E-state index contributed by atoms with van der Waals surface area (Å²) in [5, 5.41) is 11.5. The number of carbonyl (C=O) groups excluding carboxylic acids is 1. The van der Waals surface area contributed by atoms with Crippen LogP contribution in [0.2, 0.25) is 0 Å². The van der Waals surface area contributed by atoms with Crippen molar-refractivity contribution in [2.75, 3.05) is 0 Å². The van der Waals surface area contributed by atoms with E-state index in [-0.39, 0.29) is 11.9 Å². The lowest BCUT2D eigenvalue weighted by molar-refractivity contribution is -0.131. The van der Waals surface area contributed by atoms with Gasteiger partial charge in [-0.2, -0.15) is 0 Å². The standard InChI is InChI=1S/C14H19NO3S/c1-9(2)8-10(3)15-14(18)12-6-4-11(19-12)5-7-13(16)17/h4-7,9-10H,8H2,1-3H3,(H,15,18)(H,16,17)/b7-5+. The summed E-state index contributed by atoms with van der Waals surface area (Å²) in [4.78, 5) is 23.7. The SMILES string of the molecule is CC(C)CC(C)NC(=O)c1ccc(/C=C/C(=O)O)s1. The molecule has 0 aliphatic heterocycles. The molecule has 0 saturated carbocycles. The number of carboxylic acid groups (broad SMARTS) is 1. The van der Waals surface area contributed by atoms with E-state index >= 15 is 0 Å². The Hall–Kier alpha value is -1.62. The molecule has 1 unspecified atom stereocenters. The van der Waals surface area contributed by atoms with Crippen molar-refractivity contribution in [3.8, 4) is 0 Å². The van der Waals surface area contributed by atoms with Crippen molar-refractivity contribution >= 4 is 29.3 Å². The van der Waals surface area contributed by atoms with Crippen LogP contribution in [0.25, 0.3) is 6.08 Å². The minimum atomic E-state index is -0.995. The van der Waals surface area contributed by atoms with Crippen molar-refractivity contribution in [3.63, 3.8) is 0 Å². The third-order valence-electron chi connectivity index (χ3n) is 2.44. The van der Waals surface area contributed by atoms with E-state index in [2.05, 4.69) is 19.2 Å². The van der Waals surface area contributed by atoms with Crippen molar-refractivity contribution in [3.05, 3.63) is 28.0 Å². The van der Waals surface area contributed by atoms with E-state index in [0.29, 0.717) is 10.8 Å². The summed E-state index contributed by atoms with van der Waals surface area (Å²) in [7, 11) is 0. The Morgan fingerprint density at radius 3 is 2.63 bits per heavy atom. The Balaban J connectivity index is 2.61. The molecule has 19 heavy (non-hydrogen) atoms. The van der Waals surface area contributed by atoms with Gasteiger partial charge in [0.2, 0.25) is 0 Å². The van der Waals surface area contributed by atoms with E-state index in [9.17, 15) is 9.59 Å². The lowest BCUT2D eigenvalue weighted by Gasteiger charge is -2.15. The second-order valence-corrected chi connectivity index (χ2v) is 5.99. The van der Waals surface area contributed by atoms with Gasteiger partial charge in [-0.15, -0.1) is 11.3 Å². The molecule has 104 valence electrons. The normalized spacial score (nSPS) is 12.8. The van der Waals surface area contributed by atoms with Gasteiger partial charge in [-0.3, -0.25) is 4.79 Å². The van der Waals surface area contributed by atoms with Gasteiger partial charge in [0.25, 0.3) is 5.91 Å². The Morgan fingerprint density at radius 2 is 2.05 bits per heavy atom. The number of carbonyl (C=O) groups is 2. The van der Waals surface area contributed by atoms with Crippen LogP contribution in [0.3, 0.4) is 0 Å². The van der Waals surface area contributed by atoms with Crippen LogP contribution in [-0.2, 0) is 4.79 Å². The molecule has 1 atom stereocenters. The van der Waals surface area contributed by atoms with E-state index in [4.69, 9.17) is 5.11 Å². The van der Waals surface area contributed by atoms with Crippen molar-refractivity contribution in [2.45, 2.75) is 33.2 Å². The number of hydrogen-bond acceptors (Lipinski definition) is 3. The van der Waals surface area contributed by atoms with Gasteiger partial charge in [0, 0.05) is 17.0 Å². The van der Waals surface area contributed by atoms with Gasteiger partial charge >= 0.3 is 5.97 Å². The molecule has 0 bridgehead atoms. The van der Waals surface area contributed by atoms with Gasteiger partial charge < -0.3 is 10.4 Å². The molecule has 1 heterocycles. The Morgan fingerprint density at radius 1 is 1.37 bits per heavy atom. The monoisotopic (exact) mass is 281 g/mol. The highest BCUT2D eigenvalue weighted by molar-refractivity contribution is 7.14. The fourth-order valence-corrected chi connectivity index (χ4v) is 2.59. The van der Waals surface area contributed by atoms with Crippen LogP contribution in [0.5, 0.6) is 0 Å². The first kappa shape index (κ1) is 15.4. The summed E-state index contributed by atoms with van der Waals surface area (Å²) in [5.41, 5.74) is 0. The molecule has 1 rings (SSSR count). The first-order valence-corrected chi connectivity index (χ1v) is 7.02. The van der Waals surface area contributed by atoms with E-state index in [1.54, 1.807) is 12.1 Å². The molecule has 1 aromatic heterocycles. The van der Waals surface area contributed by atoms with Crippen LogP contribution in [0.4, 0.5) is 0 Å². The minimum absolute atomic E-state index is 0.104. The number of amides is 1. The minimum Gasteiger partial charge on any atom is -0.478 e. The zero-order chi connectivity index (χ0) is 14.4. The number of carboxylic acids is 1. The van der Waals surface area contributed by atoms with Gasteiger partial charge in [0.1, 0.15) is 0 Å². The molecule has 4 nitrogen and oxygen atoms in total. The van der Waals surface area contributed by atoms with Crippen LogP contribution >= 0.6 is 11.3 Å². The summed E-state index contributed by atoms with van der Waals surface area (Å²) < 4.78 is 0. The van der Waals surface area contributed by atoms with Crippen molar-refractivity contribution < 1.29 is 14.7 Å². The average Bonchev–Trinajstić information content (AvgIpc) is 2.73. The summed E-state index contributed by atoms with van der Waals surface area (Å²) in [6, 6.07) is 3.59. The predicted octanol–water partition coefficient (Wildman–Crippen LogP) is 3.01. The summed E-state index contributed by atoms with van der Waals surface area (Å²) in [5.74, 6) is -0.564. The Labute approximate surface area is 117 Å². The lowest BCUT2D eigenvalue weighted by atomic mass is 10.1. The zero-order valence-corrected chi connectivity index (χ0v) is 12.2. The van der Waals surface area contributed by atoms with Crippen LogP contribution in [-0.4, -0.2) is 23.0 Å². The third kappa shape index (κ3) is 5.70.